The van der Waals surface area contributed by atoms with Gasteiger partial charge >= 0.3 is 0 Å². The van der Waals surface area contributed by atoms with E-state index in [-0.39, 0.29) is 28.9 Å². The van der Waals surface area contributed by atoms with Crippen molar-refractivity contribution in [2.24, 2.45) is 5.16 Å². The molecule has 2 aliphatic rings. The largest absolute Gasteiger partial charge is 0.392 e. The van der Waals surface area contributed by atoms with E-state index in [2.05, 4.69) is 20.2 Å². The highest BCUT2D eigenvalue weighted by Crippen LogP contribution is 2.25. The maximum absolute atomic E-state index is 13.1. The maximum Gasteiger partial charge on any atom is 0.280 e. The van der Waals surface area contributed by atoms with Gasteiger partial charge in [0, 0.05) is 48.9 Å². The number of benzene rings is 1. The van der Waals surface area contributed by atoms with Gasteiger partial charge in [0.15, 0.2) is 10.8 Å². The number of oxime groups is 1. The summed E-state index contributed by atoms with van der Waals surface area (Å²) < 4.78 is 39.4. The van der Waals surface area contributed by atoms with Crippen LogP contribution in [0.5, 0.6) is 0 Å². The topological polar surface area (TPSA) is 128 Å². The molecule has 0 spiro atoms. The molecule has 4 rings (SSSR count). The Morgan fingerprint density at radius 2 is 1.89 bits per heavy atom. The van der Waals surface area contributed by atoms with Gasteiger partial charge in [0.05, 0.1) is 11.0 Å². The van der Waals surface area contributed by atoms with E-state index >= 15 is 0 Å². The van der Waals surface area contributed by atoms with Gasteiger partial charge in [-0.25, -0.2) is 18.1 Å². The molecule has 1 saturated carbocycles. The van der Waals surface area contributed by atoms with Crippen LogP contribution in [0.15, 0.2) is 40.5 Å². The summed E-state index contributed by atoms with van der Waals surface area (Å²) >= 11 is 1.35. The maximum atomic E-state index is 13.1. The van der Waals surface area contributed by atoms with Crippen LogP contribution in [0.2, 0.25) is 0 Å². The number of hydrogen-bond donors (Lipinski definition) is 2. The third kappa shape index (κ3) is 7.10. The van der Waals surface area contributed by atoms with Crippen LogP contribution in [0.3, 0.4) is 0 Å². The smallest absolute Gasteiger partial charge is 0.280 e. The minimum absolute atomic E-state index is 0.0454. The molecular formula is C24H32N4O6S2. The van der Waals surface area contributed by atoms with Gasteiger partial charge in [-0.3, -0.25) is 10.1 Å². The molecule has 10 nitrogen and oxygen atoms in total. The molecule has 1 amide bonds. The van der Waals surface area contributed by atoms with Gasteiger partial charge in [-0.2, -0.15) is 0 Å². The number of anilines is 1. The summed E-state index contributed by atoms with van der Waals surface area (Å²) in [6, 6.07) is 5.89. The summed E-state index contributed by atoms with van der Waals surface area (Å²) in [5.74, 6) is -0.486. The van der Waals surface area contributed by atoms with Crippen LogP contribution >= 0.6 is 11.3 Å². The van der Waals surface area contributed by atoms with E-state index in [0.29, 0.717) is 49.8 Å². The van der Waals surface area contributed by atoms with Crippen LogP contribution in [-0.2, 0) is 29.1 Å². The first kappa shape index (κ1) is 26.7. The summed E-state index contributed by atoms with van der Waals surface area (Å²) in [5, 5.41) is 7.41. The van der Waals surface area contributed by atoms with Crippen molar-refractivity contribution in [3.63, 3.8) is 0 Å². The molecule has 0 unspecified atom stereocenters. The lowest BCUT2D eigenvalue weighted by Gasteiger charge is -2.23. The number of hydrogen-bond acceptors (Lipinski definition) is 9. The zero-order valence-electron chi connectivity index (χ0n) is 20.4. The third-order valence-electron chi connectivity index (χ3n) is 6.07. The van der Waals surface area contributed by atoms with Crippen LogP contribution in [-0.4, -0.2) is 63.1 Å². The van der Waals surface area contributed by atoms with Gasteiger partial charge < -0.3 is 14.3 Å². The second kappa shape index (κ2) is 12.2. The minimum atomic E-state index is -3.70. The average molecular weight is 537 g/mol. The van der Waals surface area contributed by atoms with Gasteiger partial charge in [0.25, 0.3) is 5.91 Å². The Kier molecular flexibility index (Phi) is 9.07. The van der Waals surface area contributed by atoms with Crippen molar-refractivity contribution in [1.82, 2.24) is 9.71 Å². The molecule has 1 aromatic carbocycles. The van der Waals surface area contributed by atoms with E-state index in [4.69, 9.17) is 14.3 Å². The van der Waals surface area contributed by atoms with Crippen LogP contribution in [0.1, 0.15) is 49.5 Å². The Bertz CT molecular complexity index is 1160. The van der Waals surface area contributed by atoms with Gasteiger partial charge in [0.2, 0.25) is 10.0 Å². The van der Waals surface area contributed by atoms with Gasteiger partial charge in [-0.1, -0.05) is 17.3 Å². The highest BCUT2D eigenvalue weighted by molar-refractivity contribution is 7.89. The Balaban J connectivity index is 1.51. The molecule has 1 saturated heterocycles. The molecule has 2 heterocycles. The van der Waals surface area contributed by atoms with Crippen molar-refractivity contribution in [2.75, 3.05) is 25.1 Å². The Labute approximate surface area is 215 Å². The van der Waals surface area contributed by atoms with Crippen LogP contribution in [0.25, 0.3) is 0 Å². The number of carbonyl (C=O) groups excluding carboxylic acids is 1. The molecule has 2 N–H and O–H groups in total. The van der Waals surface area contributed by atoms with Crippen molar-refractivity contribution in [3.8, 4) is 0 Å². The lowest BCUT2D eigenvalue weighted by atomic mass is 10.1. The molecule has 1 aliphatic heterocycles. The molecule has 12 heteroatoms. The van der Waals surface area contributed by atoms with Crippen LogP contribution < -0.4 is 10.0 Å². The number of sulfonamides is 1. The van der Waals surface area contributed by atoms with Crippen molar-refractivity contribution < 1.29 is 27.5 Å². The van der Waals surface area contributed by atoms with Gasteiger partial charge in [0.1, 0.15) is 6.10 Å². The molecule has 36 heavy (non-hydrogen) atoms. The third-order valence-corrected chi connectivity index (χ3v) is 8.43. The van der Waals surface area contributed by atoms with E-state index in [9.17, 15) is 13.2 Å². The van der Waals surface area contributed by atoms with Crippen molar-refractivity contribution in [3.05, 3.63) is 40.9 Å². The van der Waals surface area contributed by atoms with E-state index in [0.717, 1.165) is 17.7 Å². The predicted molar refractivity (Wildman–Crippen MR) is 137 cm³/mol. The lowest BCUT2D eigenvalue weighted by Crippen LogP contribution is -2.38. The molecule has 2 atom stereocenters. The quantitative estimate of drug-likeness (QED) is 0.352. The number of ether oxygens (including phenoxy) is 2. The first-order valence-corrected chi connectivity index (χ1v) is 14.4. The van der Waals surface area contributed by atoms with Crippen LogP contribution in [0, 0.1) is 6.92 Å². The highest BCUT2D eigenvalue weighted by Gasteiger charge is 2.28. The molecule has 2 aromatic rings. The van der Waals surface area contributed by atoms with Crippen molar-refractivity contribution >= 4 is 38.1 Å². The van der Waals surface area contributed by atoms with Gasteiger partial charge in [-0.05, 0) is 51.7 Å². The average Bonchev–Trinajstić information content (AvgIpc) is 3.48. The summed E-state index contributed by atoms with van der Waals surface area (Å²) in [5.41, 5.74) is 0.481. The standard InChI is InChI=1S/C24H32N4O6S2/c1-3-33-19-6-7-20(14-19)34-27-22(23(29)26-24-25-15-16(2)35-24)17-4-8-21(9-5-17)36(30,31)28-18-10-12-32-13-11-18/h4-5,8-9,15,18-20,28H,3,6-7,10-14H2,1-2H3,(H,25,26,29)/b27-22+/t19-,20-/m1/s1. The van der Waals surface area contributed by atoms with E-state index < -0.39 is 15.9 Å². The molecule has 0 radical (unpaired) electrons. The predicted octanol–water partition coefficient (Wildman–Crippen LogP) is 3.23. The molecular weight excluding hydrogens is 504 g/mol. The van der Waals surface area contributed by atoms with E-state index in [1.165, 1.54) is 23.5 Å². The molecule has 0 bridgehead atoms. The molecule has 2 fully saturated rings. The number of thiazole rings is 1. The number of nitrogens with one attached hydrogen (secondary N) is 2. The molecule has 196 valence electrons. The fourth-order valence-electron chi connectivity index (χ4n) is 4.20. The van der Waals surface area contributed by atoms with E-state index in [1.807, 2.05) is 13.8 Å². The minimum Gasteiger partial charge on any atom is -0.392 e. The number of aromatic nitrogens is 1. The number of aryl methyl sites for hydroxylation is 1. The fraction of sp³-hybridized carbons (Fsp3) is 0.542. The monoisotopic (exact) mass is 536 g/mol. The summed E-state index contributed by atoms with van der Waals surface area (Å²) in [6.45, 7) is 5.56. The van der Waals surface area contributed by atoms with Crippen molar-refractivity contribution in [1.29, 1.82) is 0 Å². The number of amides is 1. The van der Waals surface area contributed by atoms with Crippen LogP contribution in [0.4, 0.5) is 5.13 Å². The second-order valence-electron chi connectivity index (χ2n) is 8.82. The number of carbonyl (C=O) groups is 1. The fourth-order valence-corrected chi connectivity index (χ4v) is 6.16. The first-order chi connectivity index (χ1) is 17.3. The summed E-state index contributed by atoms with van der Waals surface area (Å²) in [7, 11) is -3.70. The Morgan fingerprint density at radius 3 is 2.56 bits per heavy atom. The SMILES string of the molecule is CCO[C@@H]1CC[C@@H](O/N=C(/C(=O)Nc2ncc(C)s2)c2ccc(S(=O)(=O)NC3CCOCC3)cc2)C1. The molecule has 1 aromatic heterocycles. The Hall–Kier alpha value is -2.38. The normalized spacial score (nSPS) is 21.4. The zero-order chi connectivity index (χ0) is 25.5. The highest BCUT2D eigenvalue weighted by atomic mass is 32.2. The lowest BCUT2D eigenvalue weighted by molar-refractivity contribution is -0.110. The summed E-state index contributed by atoms with van der Waals surface area (Å²) in [6.07, 6.45) is 5.26. The van der Waals surface area contributed by atoms with Crippen molar-refractivity contribution in [2.45, 2.75) is 69.1 Å². The number of nitrogens with zero attached hydrogens (tertiary/aromatic N) is 2. The molecule has 1 aliphatic carbocycles. The number of rotatable bonds is 10. The van der Waals surface area contributed by atoms with E-state index in [1.54, 1.807) is 18.3 Å². The first-order valence-electron chi connectivity index (χ1n) is 12.1. The van der Waals surface area contributed by atoms with Gasteiger partial charge in [-0.15, -0.1) is 11.3 Å². The second-order valence-corrected chi connectivity index (χ2v) is 11.8. The zero-order valence-corrected chi connectivity index (χ0v) is 22.1. The Morgan fingerprint density at radius 1 is 1.17 bits per heavy atom. The summed E-state index contributed by atoms with van der Waals surface area (Å²) in [4.78, 5) is 24.1.